The van der Waals surface area contributed by atoms with Crippen LogP contribution in [0.1, 0.15) is 24.3 Å². The van der Waals surface area contributed by atoms with Gasteiger partial charge in [0.25, 0.3) is 0 Å². The summed E-state index contributed by atoms with van der Waals surface area (Å²) < 4.78 is 1.57. The maximum Gasteiger partial charge on any atom is 0.354 e. The summed E-state index contributed by atoms with van der Waals surface area (Å²) in [5.41, 5.74) is 0.986. The van der Waals surface area contributed by atoms with E-state index in [0.29, 0.717) is 12.5 Å². The minimum Gasteiger partial charge on any atom is -0.477 e. The first-order valence-electron chi connectivity index (χ1n) is 5.43. The maximum atomic E-state index is 11.1. The Morgan fingerprint density at radius 2 is 2.35 bits per heavy atom. The Morgan fingerprint density at radius 3 is 2.88 bits per heavy atom. The van der Waals surface area contributed by atoms with E-state index in [-0.39, 0.29) is 5.69 Å². The van der Waals surface area contributed by atoms with Crippen molar-refractivity contribution < 1.29 is 9.90 Å². The van der Waals surface area contributed by atoms with E-state index in [1.807, 2.05) is 31.4 Å². The highest BCUT2D eigenvalue weighted by atomic mass is 32.1. The number of rotatable bonds is 4. The molecule has 0 atom stereocenters. The average Bonchev–Trinajstić information content (AvgIpc) is 2.82. The standard InChI is InChI=1S/C12H14N2O2S/c1-8(2)7-14-10(12(15)16)6-9(13-14)11-4-3-5-17-11/h3-6,8H,7H2,1-2H3,(H,15,16). The average molecular weight is 250 g/mol. The molecule has 0 aliphatic heterocycles. The van der Waals surface area contributed by atoms with E-state index in [9.17, 15) is 4.79 Å². The summed E-state index contributed by atoms with van der Waals surface area (Å²) >= 11 is 1.56. The molecule has 2 heterocycles. The molecule has 5 heteroatoms. The summed E-state index contributed by atoms with van der Waals surface area (Å²) in [6.07, 6.45) is 0. The van der Waals surface area contributed by atoms with E-state index >= 15 is 0 Å². The molecule has 0 saturated heterocycles. The van der Waals surface area contributed by atoms with Gasteiger partial charge in [-0.05, 0) is 23.4 Å². The highest BCUT2D eigenvalue weighted by Crippen LogP contribution is 2.24. The Bertz CT molecular complexity index is 515. The third-order valence-electron chi connectivity index (χ3n) is 2.31. The van der Waals surface area contributed by atoms with Gasteiger partial charge in [0, 0.05) is 6.54 Å². The summed E-state index contributed by atoms with van der Waals surface area (Å²) in [6.45, 7) is 4.70. The second kappa shape index (κ2) is 4.71. The summed E-state index contributed by atoms with van der Waals surface area (Å²) in [5.74, 6) is -0.565. The van der Waals surface area contributed by atoms with Gasteiger partial charge in [-0.25, -0.2) is 4.79 Å². The number of carbonyl (C=O) groups is 1. The van der Waals surface area contributed by atoms with Gasteiger partial charge in [0.15, 0.2) is 0 Å². The molecule has 17 heavy (non-hydrogen) atoms. The van der Waals surface area contributed by atoms with Crippen LogP contribution in [0.25, 0.3) is 10.6 Å². The van der Waals surface area contributed by atoms with Gasteiger partial charge in [-0.1, -0.05) is 19.9 Å². The molecule has 0 fully saturated rings. The fourth-order valence-corrected chi connectivity index (χ4v) is 2.30. The molecule has 0 saturated carbocycles. The number of nitrogens with zero attached hydrogens (tertiary/aromatic N) is 2. The molecule has 2 rings (SSSR count). The maximum absolute atomic E-state index is 11.1. The predicted molar refractivity (Wildman–Crippen MR) is 67.3 cm³/mol. The predicted octanol–water partition coefficient (Wildman–Crippen LogP) is 2.97. The molecule has 0 radical (unpaired) electrons. The van der Waals surface area contributed by atoms with Gasteiger partial charge < -0.3 is 5.11 Å². The minimum absolute atomic E-state index is 0.252. The van der Waals surface area contributed by atoms with Crippen LogP contribution in [0.4, 0.5) is 0 Å². The van der Waals surface area contributed by atoms with Crippen molar-refractivity contribution in [3.8, 4) is 10.6 Å². The molecule has 0 aliphatic carbocycles. The minimum atomic E-state index is -0.930. The van der Waals surface area contributed by atoms with Gasteiger partial charge in [-0.2, -0.15) is 5.10 Å². The molecule has 4 nitrogen and oxygen atoms in total. The van der Waals surface area contributed by atoms with Crippen LogP contribution < -0.4 is 0 Å². The Labute approximate surface area is 104 Å². The van der Waals surface area contributed by atoms with Crippen molar-refractivity contribution in [3.05, 3.63) is 29.3 Å². The zero-order valence-electron chi connectivity index (χ0n) is 9.75. The number of aromatic carboxylic acids is 1. The first-order chi connectivity index (χ1) is 8.08. The topological polar surface area (TPSA) is 55.1 Å². The fourth-order valence-electron chi connectivity index (χ4n) is 1.62. The fraction of sp³-hybridized carbons (Fsp3) is 0.333. The molecular weight excluding hydrogens is 236 g/mol. The molecule has 0 bridgehead atoms. The summed E-state index contributed by atoms with van der Waals surface area (Å²) in [5, 5.41) is 15.4. The first-order valence-corrected chi connectivity index (χ1v) is 6.31. The van der Waals surface area contributed by atoms with Gasteiger partial charge in [0.05, 0.1) is 4.88 Å². The van der Waals surface area contributed by atoms with E-state index in [1.165, 1.54) is 0 Å². The van der Waals surface area contributed by atoms with Gasteiger partial charge >= 0.3 is 5.97 Å². The van der Waals surface area contributed by atoms with Crippen LogP contribution >= 0.6 is 11.3 Å². The lowest BCUT2D eigenvalue weighted by atomic mass is 10.2. The highest BCUT2D eigenvalue weighted by Gasteiger charge is 2.16. The van der Waals surface area contributed by atoms with Crippen molar-refractivity contribution in [2.75, 3.05) is 0 Å². The second-order valence-corrected chi connectivity index (χ2v) is 5.22. The van der Waals surface area contributed by atoms with Gasteiger partial charge in [-0.3, -0.25) is 4.68 Å². The molecule has 0 aromatic carbocycles. The highest BCUT2D eigenvalue weighted by molar-refractivity contribution is 7.13. The quantitative estimate of drug-likeness (QED) is 0.907. The Hall–Kier alpha value is -1.62. The largest absolute Gasteiger partial charge is 0.477 e. The monoisotopic (exact) mass is 250 g/mol. The molecule has 2 aromatic heterocycles. The zero-order valence-corrected chi connectivity index (χ0v) is 10.6. The first kappa shape index (κ1) is 11.9. The lowest BCUT2D eigenvalue weighted by Gasteiger charge is -2.06. The molecule has 0 amide bonds. The van der Waals surface area contributed by atoms with Crippen LogP contribution in [0.15, 0.2) is 23.6 Å². The van der Waals surface area contributed by atoms with Crippen molar-refractivity contribution >= 4 is 17.3 Å². The molecule has 90 valence electrons. The Kier molecular flexibility index (Phi) is 3.28. The van der Waals surface area contributed by atoms with Gasteiger partial charge in [-0.15, -0.1) is 11.3 Å². The van der Waals surface area contributed by atoms with Crippen molar-refractivity contribution in [2.45, 2.75) is 20.4 Å². The third-order valence-corrected chi connectivity index (χ3v) is 3.20. The Balaban J connectivity index is 2.41. The van der Waals surface area contributed by atoms with Crippen molar-refractivity contribution in [2.24, 2.45) is 5.92 Å². The lowest BCUT2D eigenvalue weighted by molar-refractivity contribution is 0.0682. The number of carboxylic acid groups (broad SMARTS) is 1. The van der Waals surface area contributed by atoms with Crippen LogP contribution in [-0.4, -0.2) is 20.9 Å². The van der Waals surface area contributed by atoms with Gasteiger partial charge in [0.1, 0.15) is 11.4 Å². The third kappa shape index (κ3) is 2.55. The zero-order chi connectivity index (χ0) is 12.4. The van der Waals surface area contributed by atoms with E-state index in [2.05, 4.69) is 5.10 Å². The van der Waals surface area contributed by atoms with Crippen LogP contribution in [0.3, 0.4) is 0 Å². The Morgan fingerprint density at radius 1 is 1.59 bits per heavy atom. The van der Waals surface area contributed by atoms with Crippen molar-refractivity contribution in [3.63, 3.8) is 0 Å². The van der Waals surface area contributed by atoms with Crippen LogP contribution in [0.5, 0.6) is 0 Å². The molecule has 0 spiro atoms. The molecule has 1 N–H and O–H groups in total. The number of carboxylic acids is 1. The van der Waals surface area contributed by atoms with E-state index < -0.39 is 5.97 Å². The van der Waals surface area contributed by atoms with Crippen LogP contribution in [0, 0.1) is 5.92 Å². The second-order valence-electron chi connectivity index (χ2n) is 4.27. The van der Waals surface area contributed by atoms with E-state index in [1.54, 1.807) is 22.1 Å². The van der Waals surface area contributed by atoms with E-state index in [0.717, 1.165) is 10.6 Å². The summed E-state index contributed by atoms with van der Waals surface area (Å²) in [6, 6.07) is 5.51. The number of thiophene rings is 1. The summed E-state index contributed by atoms with van der Waals surface area (Å²) in [7, 11) is 0. The molecular formula is C12H14N2O2S. The van der Waals surface area contributed by atoms with Gasteiger partial charge in [0.2, 0.25) is 0 Å². The van der Waals surface area contributed by atoms with Crippen molar-refractivity contribution in [1.82, 2.24) is 9.78 Å². The molecule has 0 aliphatic rings. The lowest BCUT2D eigenvalue weighted by Crippen LogP contribution is -2.13. The van der Waals surface area contributed by atoms with Crippen molar-refractivity contribution in [1.29, 1.82) is 0 Å². The number of hydrogen-bond acceptors (Lipinski definition) is 3. The summed E-state index contributed by atoms with van der Waals surface area (Å²) in [4.78, 5) is 12.1. The SMILES string of the molecule is CC(C)Cn1nc(-c2cccs2)cc1C(=O)O. The smallest absolute Gasteiger partial charge is 0.354 e. The number of hydrogen-bond donors (Lipinski definition) is 1. The van der Waals surface area contributed by atoms with Crippen LogP contribution in [0.2, 0.25) is 0 Å². The normalized spacial score (nSPS) is 11.0. The molecule has 2 aromatic rings. The molecule has 0 unspecified atom stereocenters. The van der Waals surface area contributed by atoms with E-state index in [4.69, 9.17) is 5.11 Å². The van der Waals surface area contributed by atoms with Crippen LogP contribution in [-0.2, 0) is 6.54 Å². The number of aromatic nitrogens is 2.